The van der Waals surface area contributed by atoms with E-state index in [4.69, 9.17) is 0 Å². The number of hydrogen-bond donors (Lipinski definition) is 1. The van der Waals surface area contributed by atoms with Crippen molar-refractivity contribution in [2.45, 2.75) is 26.3 Å². The second-order valence-electron chi connectivity index (χ2n) is 6.43. The fraction of sp³-hybridized carbons (Fsp3) is 0.625. The van der Waals surface area contributed by atoms with Gasteiger partial charge in [-0.25, -0.2) is 4.79 Å². The summed E-state index contributed by atoms with van der Waals surface area (Å²) >= 11 is 0. The summed E-state index contributed by atoms with van der Waals surface area (Å²) < 4.78 is 28.1. The standard InChI is InChI=1S/C16H25N5O3S/c1-14-5-4-6-15(18-14)13-17-16(22)19-9-11-21(12-10-19)25(23,24)20-7-2-3-8-20/h4-6H,2-3,7-13H2,1H3,(H,17,22). The summed E-state index contributed by atoms with van der Waals surface area (Å²) in [6, 6.07) is 5.51. The first-order chi connectivity index (χ1) is 12.0. The first-order valence-corrected chi connectivity index (χ1v) is 10.1. The molecule has 0 radical (unpaired) electrons. The topological polar surface area (TPSA) is 85.8 Å². The predicted molar refractivity (Wildman–Crippen MR) is 94.1 cm³/mol. The highest BCUT2D eigenvalue weighted by molar-refractivity contribution is 7.86. The summed E-state index contributed by atoms with van der Waals surface area (Å²) in [5.41, 5.74) is 1.72. The summed E-state index contributed by atoms with van der Waals surface area (Å²) in [6.45, 7) is 4.97. The highest BCUT2D eigenvalue weighted by Crippen LogP contribution is 2.18. The van der Waals surface area contributed by atoms with E-state index in [1.807, 2.05) is 25.1 Å². The molecule has 1 aromatic rings. The number of aryl methyl sites for hydroxylation is 1. The van der Waals surface area contributed by atoms with Crippen molar-refractivity contribution in [3.63, 3.8) is 0 Å². The van der Waals surface area contributed by atoms with Crippen LogP contribution in [-0.4, -0.2) is 72.2 Å². The fourth-order valence-electron chi connectivity index (χ4n) is 3.18. The number of piperazine rings is 1. The molecule has 2 aliphatic heterocycles. The van der Waals surface area contributed by atoms with Crippen molar-refractivity contribution in [1.82, 2.24) is 23.8 Å². The van der Waals surface area contributed by atoms with Gasteiger partial charge in [-0.05, 0) is 31.9 Å². The third-order valence-electron chi connectivity index (χ3n) is 4.61. The lowest BCUT2D eigenvalue weighted by atomic mass is 10.3. The molecular formula is C16H25N5O3S. The minimum absolute atomic E-state index is 0.179. The smallest absolute Gasteiger partial charge is 0.317 e. The average molecular weight is 367 g/mol. The Bertz CT molecular complexity index is 710. The van der Waals surface area contributed by atoms with Crippen LogP contribution in [0.4, 0.5) is 4.79 Å². The minimum Gasteiger partial charge on any atom is -0.332 e. The van der Waals surface area contributed by atoms with Gasteiger partial charge in [0.25, 0.3) is 10.2 Å². The summed E-state index contributed by atoms with van der Waals surface area (Å²) in [7, 11) is -3.37. The Labute approximate surface area is 149 Å². The molecule has 0 saturated carbocycles. The van der Waals surface area contributed by atoms with Crippen LogP contribution in [0, 0.1) is 6.92 Å². The van der Waals surface area contributed by atoms with Gasteiger partial charge >= 0.3 is 6.03 Å². The Morgan fingerprint density at radius 1 is 1.08 bits per heavy atom. The lowest BCUT2D eigenvalue weighted by Crippen LogP contribution is -2.55. The SMILES string of the molecule is Cc1cccc(CNC(=O)N2CCN(S(=O)(=O)N3CCCC3)CC2)n1. The summed E-state index contributed by atoms with van der Waals surface area (Å²) in [5, 5.41) is 2.85. The zero-order chi connectivity index (χ0) is 17.9. The Kier molecular flexibility index (Phi) is 5.55. The van der Waals surface area contributed by atoms with Crippen LogP contribution in [0.2, 0.25) is 0 Å². The molecule has 0 atom stereocenters. The van der Waals surface area contributed by atoms with Gasteiger partial charge in [0, 0.05) is 45.0 Å². The number of pyridine rings is 1. The van der Waals surface area contributed by atoms with E-state index < -0.39 is 10.2 Å². The highest BCUT2D eigenvalue weighted by Gasteiger charge is 2.34. The summed E-state index contributed by atoms with van der Waals surface area (Å²) in [6.07, 6.45) is 1.85. The molecule has 0 unspecified atom stereocenters. The van der Waals surface area contributed by atoms with E-state index in [1.54, 1.807) is 9.21 Å². The van der Waals surface area contributed by atoms with Crippen LogP contribution >= 0.6 is 0 Å². The summed E-state index contributed by atoms with van der Waals surface area (Å²) in [4.78, 5) is 18.3. The molecule has 3 heterocycles. The maximum absolute atomic E-state index is 12.5. The number of urea groups is 1. The molecule has 2 aliphatic rings. The second kappa shape index (κ2) is 7.67. The van der Waals surface area contributed by atoms with Gasteiger partial charge in [-0.2, -0.15) is 17.0 Å². The molecule has 9 heteroatoms. The third-order valence-corrected chi connectivity index (χ3v) is 6.65. The zero-order valence-electron chi connectivity index (χ0n) is 14.5. The monoisotopic (exact) mass is 367 g/mol. The van der Waals surface area contributed by atoms with E-state index in [9.17, 15) is 13.2 Å². The van der Waals surface area contributed by atoms with E-state index in [0.29, 0.717) is 45.8 Å². The molecule has 0 spiro atoms. The van der Waals surface area contributed by atoms with E-state index in [0.717, 1.165) is 24.2 Å². The van der Waals surface area contributed by atoms with Crippen molar-refractivity contribution in [2.24, 2.45) is 0 Å². The van der Waals surface area contributed by atoms with Crippen molar-refractivity contribution < 1.29 is 13.2 Å². The Hall–Kier alpha value is -1.71. The molecule has 1 N–H and O–H groups in total. The van der Waals surface area contributed by atoms with E-state index in [2.05, 4.69) is 10.3 Å². The highest BCUT2D eigenvalue weighted by atomic mass is 32.2. The van der Waals surface area contributed by atoms with Gasteiger partial charge in [0.05, 0.1) is 12.2 Å². The lowest BCUT2D eigenvalue weighted by molar-refractivity contribution is 0.169. The number of hydrogen-bond acceptors (Lipinski definition) is 4. The lowest BCUT2D eigenvalue weighted by Gasteiger charge is -2.35. The largest absolute Gasteiger partial charge is 0.332 e. The summed E-state index contributed by atoms with van der Waals surface area (Å²) in [5.74, 6) is 0. The number of nitrogens with zero attached hydrogens (tertiary/aromatic N) is 4. The molecule has 3 rings (SSSR count). The molecule has 0 aromatic carbocycles. The van der Waals surface area contributed by atoms with Crippen LogP contribution in [0.3, 0.4) is 0 Å². The van der Waals surface area contributed by atoms with Crippen molar-refractivity contribution in [2.75, 3.05) is 39.3 Å². The number of amides is 2. The van der Waals surface area contributed by atoms with Gasteiger partial charge in [-0.3, -0.25) is 4.98 Å². The molecular weight excluding hydrogens is 342 g/mol. The van der Waals surface area contributed by atoms with Crippen molar-refractivity contribution in [1.29, 1.82) is 0 Å². The molecule has 2 fully saturated rings. The fourth-order valence-corrected chi connectivity index (χ4v) is 4.85. The number of aromatic nitrogens is 1. The van der Waals surface area contributed by atoms with Crippen molar-refractivity contribution >= 4 is 16.2 Å². The van der Waals surface area contributed by atoms with Gasteiger partial charge in [0.1, 0.15) is 0 Å². The van der Waals surface area contributed by atoms with E-state index >= 15 is 0 Å². The van der Waals surface area contributed by atoms with Crippen LogP contribution in [0.15, 0.2) is 18.2 Å². The quantitative estimate of drug-likeness (QED) is 0.842. The molecule has 8 nitrogen and oxygen atoms in total. The zero-order valence-corrected chi connectivity index (χ0v) is 15.3. The Balaban J connectivity index is 1.49. The van der Waals surface area contributed by atoms with Gasteiger partial charge in [0.15, 0.2) is 0 Å². The average Bonchev–Trinajstić information content (AvgIpc) is 3.15. The van der Waals surface area contributed by atoms with Gasteiger partial charge in [-0.15, -0.1) is 0 Å². The van der Waals surface area contributed by atoms with Crippen LogP contribution < -0.4 is 5.32 Å². The van der Waals surface area contributed by atoms with Crippen LogP contribution in [0.5, 0.6) is 0 Å². The first-order valence-electron chi connectivity index (χ1n) is 8.67. The first kappa shape index (κ1) is 18.1. The van der Waals surface area contributed by atoms with Crippen LogP contribution in [0.25, 0.3) is 0 Å². The van der Waals surface area contributed by atoms with Gasteiger partial charge in [0.2, 0.25) is 0 Å². The molecule has 0 aliphatic carbocycles. The Morgan fingerprint density at radius 3 is 2.36 bits per heavy atom. The number of rotatable bonds is 4. The van der Waals surface area contributed by atoms with Crippen molar-refractivity contribution in [3.8, 4) is 0 Å². The molecule has 2 saturated heterocycles. The molecule has 0 bridgehead atoms. The number of carbonyl (C=O) groups is 1. The second-order valence-corrected chi connectivity index (χ2v) is 8.36. The van der Waals surface area contributed by atoms with Gasteiger partial charge in [-0.1, -0.05) is 6.07 Å². The maximum Gasteiger partial charge on any atom is 0.317 e. The molecule has 138 valence electrons. The molecule has 2 amide bonds. The van der Waals surface area contributed by atoms with Crippen LogP contribution in [-0.2, 0) is 16.8 Å². The predicted octanol–water partition coefficient (Wildman–Crippen LogP) is 0.558. The molecule has 1 aromatic heterocycles. The maximum atomic E-state index is 12.5. The van der Waals surface area contributed by atoms with Crippen LogP contribution in [0.1, 0.15) is 24.2 Å². The molecule has 25 heavy (non-hydrogen) atoms. The third kappa shape index (κ3) is 4.28. The van der Waals surface area contributed by atoms with Gasteiger partial charge < -0.3 is 10.2 Å². The van der Waals surface area contributed by atoms with Crippen molar-refractivity contribution in [3.05, 3.63) is 29.6 Å². The number of nitrogens with one attached hydrogen (secondary N) is 1. The number of carbonyl (C=O) groups excluding carboxylic acids is 1. The normalized spacial score (nSPS) is 20.0. The Morgan fingerprint density at radius 2 is 1.72 bits per heavy atom. The van der Waals surface area contributed by atoms with E-state index in [-0.39, 0.29) is 6.03 Å². The minimum atomic E-state index is -3.37. The van der Waals surface area contributed by atoms with E-state index in [1.165, 1.54) is 4.31 Å².